The van der Waals surface area contributed by atoms with E-state index < -0.39 is 10.0 Å². The second kappa shape index (κ2) is 12.4. The van der Waals surface area contributed by atoms with E-state index in [2.05, 4.69) is 33.8 Å². The predicted molar refractivity (Wildman–Crippen MR) is 144 cm³/mol. The maximum atomic E-state index is 13.1. The Bertz CT molecular complexity index is 1240. The van der Waals surface area contributed by atoms with Gasteiger partial charge in [0.25, 0.3) is 15.9 Å². The van der Waals surface area contributed by atoms with Gasteiger partial charge in [-0.2, -0.15) is 8.42 Å². The highest BCUT2D eigenvalue weighted by Crippen LogP contribution is 2.35. The zero-order valence-corrected chi connectivity index (χ0v) is 22.8. The van der Waals surface area contributed by atoms with E-state index in [-0.39, 0.29) is 22.5 Å². The van der Waals surface area contributed by atoms with Crippen LogP contribution >= 0.6 is 27.7 Å². The third kappa shape index (κ3) is 6.99. The smallest absolute Gasteiger partial charge is 0.284 e. The molecule has 10 heteroatoms. The Hall–Kier alpha value is -2.56. The molecule has 0 spiro atoms. The minimum atomic E-state index is -4.01. The lowest BCUT2D eigenvalue weighted by molar-refractivity contribution is -0.121. The van der Waals surface area contributed by atoms with Crippen LogP contribution in [0, 0.1) is 0 Å². The number of hydrogen-bond acceptors (Lipinski definition) is 6. The summed E-state index contributed by atoms with van der Waals surface area (Å²) >= 11 is 4.30. The van der Waals surface area contributed by atoms with E-state index in [1.165, 1.54) is 23.1 Å². The highest BCUT2D eigenvalue weighted by molar-refractivity contribution is 9.10. The minimum Gasteiger partial charge on any atom is -0.493 e. The maximum Gasteiger partial charge on any atom is 0.284 e. The monoisotopic (exact) mass is 578 g/mol. The molecule has 35 heavy (non-hydrogen) atoms. The largest absolute Gasteiger partial charge is 0.493 e. The number of amidine groups is 1. The summed E-state index contributed by atoms with van der Waals surface area (Å²) in [7, 11) is -2.43. The number of rotatable bonds is 11. The molecule has 7 nitrogen and oxygen atoms in total. The summed E-state index contributed by atoms with van der Waals surface area (Å²) in [6.45, 7) is 6.50. The van der Waals surface area contributed by atoms with E-state index in [0.29, 0.717) is 23.0 Å². The van der Waals surface area contributed by atoms with Crippen LogP contribution in [-0.2, 0) is 14.8 Å². The predicted octanol–water partition coefficient (Wildman–Crippen LogP) is 5.87. The molecule has 0 bridgehead atoms. The molecule has 1 aliphatic heterocycles. The fourth-order valence-electron chi connectivity index (χ4n) is 3.21. The van der Waals surface area contributed by atoms with Gasteiger partial charge in [-0.1, -0.05) is 47.8 Å². The molecule has 2 aromatic rings. The second-order valence-corrected chi connectivity index (χ2v) is 11.1. The summed E-state index contributed by atoms with van der Waals surface area (Å²) in [4.78, 5) is 14.8. The highest BCUT2D eigenvalue weighted by atomic mass is 79.9. The van der Waals surface area contributed by atoms with Crippen LogP contribution in [0.4, 0.5) is 0 Å². The molecule has 2 aromatic carbocycles. The van der Waals surface area contributed by atoms with Crippen LogP contribution in [0.25, 0.3) is 6.08 Å². The maximum absolute atomic E-state index is 13.1. The number of ether oxygens (including phenoxy) is 2. The van der Waals surface area contributed by atoms with Crippen molar-refractivity contribution in [3.63, 3.8) is 0 Å². The van der Waals surface area contributed by atoms with Gasteiger partial charge >= 0.3 is 0 Å². The number of halogens is 1. The number of nitrogens with zero attached hydrogens (tertiary/aromatic N) is 2. The lowest BCUT2D eigenvalue weighted by atomic mass is 10.2. The standard InChI is InChI=1S/C25H27BrN2O5S2/c1-4-6-7-15-33-22-16-18(8-13-21(22)32-3)17-23-24(29)28(14-5-2)25(34-23)27-35(30,31)20-11-9-19(26)10-12-20/h5,8-13,16-17H,2,4,6-7,14-15H2,1,3H3/b23-17-,27-25+. The van der Waals surface area contributed by atoms with Gasteiger partial charge in [-0.15, -0.1) is 11.0 Å². The Morgan fingerprint density at radius 2 is 1.89 bits per heavy atom. The molecule has 0 radical (unpaired) electrons. The summed E-state index contributed by atoms with van der Waals surface area (Å²) in [6, 6.07) is 11.6. The van der Waals surface area contributed by atoms with Crippen molar-refractivity contribution in [3.05, 3.63) is 70.1 Å². The molecule has 1 saturated heterocycles. The first-order valence-corrected chi connectivity index (χ1v) is 14.1. The molecule has 0 aliphatic carbocycles. The number of unbranched alkanes of at least 4 members (excludes halogenated alkanes) is 2. The Labute approximate surface area is 219 Å². The normalized spacial score (nSPS) is 16.2. The van der Waals surface area contributed by atoms with E-state index in [1.54, 1.807) is 37.5 Å². The number of thioether (sulfide) groups is 1. The molecular formula is C25H27BrN2O5S2. The van der Waals surface area contributed by atoms with E-state index in [4.69, 9.17) is 9.47 Å². The number of carbonyl (C=O) groups is 1. The van der Waals surface area contributed by atoms with Gasteiger partial charge in [-0.25, -0.2) is 0 Å². The van der Waals surface area contributed by atoms with E-state index in [9.17, 15) is 13.2 Å². The molecule has 0 atom stereocenters. The van der Waals surface area contributed by atoms with Crippen LogP contribution in [0.5, 0.6) is 11.5 Å². The number of methoxy groups -OCH3 is 1. The van der Waals surface area contributed by atoms with E-state index in [1.807, 2.05) is 6.07 Å². The highest BCUT2D eigenvalue weighted by Gasteiger charge is 2.34. The average molecular weight is 580 g/mol. The Balaban J connectivity index is 1.91. The zero-order valence-electron chi connectivity index (χ0n) is 19.6. The van der Waals surface area contributed by atoms with Gasteiger partial charge in [0.1, 0.15) is 0 Å². The van der Waals surface area contributed by atoms with Crippen LogP contribution in [0.2, 0.25) is 0 Å². The lowest BCUT2D eigenvalue weighted by Gasteiger charge is -2.12. The lowest BCUT2D eigenvalue weighted by Crippen LogP contribution is -2.29. The summed E-state index contributed by atoms with van der Waals surface area (Å²) in [5, 5.41) is 0.0774. The van der Waals surface area contributed by atoms with Crippen LogP contribution < -0.4 is 9.47 Å². The molecule has 0 saturated carbocycles. The third-order valence-electron chi connectivity index (χ3n) is 5.00. The molecular weight excluding hydrogens is 552 g/mol. The molecule has 1 amide bonds. The van der Waals surface area contributed by atoms with E-state index >= 15 is 0 Å². The molecule has 1 fully saturated rings. The fraction of sp³-hybridized carbons (Fsp3) is 0.280. The van der Waals surface area contributed by atoms with Gasteiger partial charge in [0.05, 0.1) is 23.5 Å². The molecule has 1 aliphatic rings. The minimum absolute atomic E-state index is 0.0391. The number of amides is 1. The summed E-state index contributed by atoms with van der Waals surface area (Å²) in [5.74, 6) is 0.842. The summed E-state index contributed by atoms with van der Waals surface area (Å²) < 4.78 is 41.7. The Morgan fingerprint density at radius 1 is 1.14 bits per heavy atom. The molecule has 0 aromatic heterocycles. The zero-order chi connectivity index (χ0) is 25.4. The fourth-order valence-corrected chi connectivity index (χ4v) is 5.66. The van der Waals surface area contributed by atoms with Crippen molar-refractivity contribution >= 4 is 54.9 Å². The number of carbonyl (C=O) groups excluding carboxylic acids is 1. The third-order valence-corrected chi connectivity index (χ3v) is 7.93. The van der Waals surface area contributed by atoms with Crippen molar-refractivity contribution in [2.75, 3.05) is 20.3 Å². The van der Waals surface area contributed by atoms with Gasteiger partial charge in [-0.3, -0.25) is 9.69 Å². The summed E-state index contributed by atoms with van der Waals surface area (Å²) in [5.41, 5.74) is 0.725. The molecule has 0 unspecified atom stereocenters. The van der Waals surface area contributed by atoms with Crippen molar-refractivity contribution < 1.29 is 22.7 Å². The SMILES string of the molecule is C=CCN1C(=O)/C(=C/c2ccc(OC)c(OCCCCC)c2)S/C1=N/S(=O)(=O)c1ccc(Br)cc1. The first-order valence-electron chi connectivity index (χ1n) is 11.0. The van der Waals surface area contributed by atoms with Crippen molar-refractivity contribution in [3.8, 4) is 11.5 Å². The van der Waals surface area contributed by atoms with Crippen LogP contribution in [-0.4, -0.2) is 44.7 Å². The first-order chi connectivity index (χ1) is 16.8. The molecule has 186 valence electrons. The van der Waals surface area contributed by atoms with Gasteiger partial charge in [0.2, 0.25) is 0 Å². The van der Waals surface area contributed by atoms with Crippen molar-refractivity contribution in [1.82, 2.24) is 4.90 Å². The topological polar surface area (TPSA) is 85.3 Å². The van der Waals surface area contributed by atoms with Crippen LogP contribution in [0.15, 0.2) is 73.8 Å². The van der Waals surface area contributed by atoms with Gasteiger partial charge in [0.15, 0.2) is 16.7 Å². The summed E-state index contributed by atoms with van der Waals surface area (Å²) in [6.07, 6.45) is 6.31. The Kier molecular flexibility index (Phi) is 9.59. The van der Waals surface area contributed by atoms with Crippen LogP contribution in [0.3, 0.4) is 0 Å². The van der Waals surface area contributed by atoms with Gasteiger partial charge < -0.3 is 9.47 Å². The molecule has 1 heterocycles. The quantitative estimate of drug-likeness (QED) is 0.188. The molecule has 3 rings (SSSR count). The van der Waals surface area contributed by atoms with Gasteiger partial charge in [-0.05, 0) is 66.2 Å². The Morgan fingerprint density at radius 3 is 2.54 bits per heavy atom. The van der Waals surface area contributed by atoms with Crippen molar-refractivity contribution in [1.29, 1.82) is 0 Å². The van der Waals surface area contributed by atoms with Gasteiger partial charge in [0, 0.05) is 11.0 Å². The second-order valence-electron chi connectivity index (χ2n) is 7.58. The van der Waals surface area contributed by atoms with Crippen molar-refractivity contribution in [2.24, 2.45) is 4.40 Å². The van der Waals surface area contributed by atoms with Crippen molar-refractivity contribution in [2.45, 2.75) is 31.1 Å². The first kappa shape index (κ1) is 27.0. The number of benzene rings is 2. The van der Waals surface area contributed by atoms with Crippen LogP contribution in [0.1, 0.15) is 31.7 Å². The van der Waals surface area contributed by atoms with E-state index in [0.717, 1.165) is 41.1 Å². The molecule has 0 N–H and O–H groups in total. The number of hydrogen-bond donors (Lipinski definition) is 0. The average Bonchev–Trinajstić information content (AvgIpc) is 3.11. The number of sulfonamides is 1.